The minimum Gasteiger partial charge on any atom is -0.469 e. The van der Waals surface area contributed by atoms with E-state index in [0.717, 1.165) is 76.8 Å². The van der Waals surface area contributed by atoms with Crippen LogP contribution in [0.15, 0.2) is 45.3 Å². The van der Waals surface area contributed by atoms with Crippen molar-refractivity contribution in [2.75, 3.05) is 44.3 Å². The average Bonchev–Trinajstić information content (AvgIpc) is 3.42. The molecule has 1 saturated heterocycles. The number of aliphatic imine (C=N–C) groups is 1. The Kier molecular flexibility index (Phi) is 11.5. The Labute approximate surface area is 195 Å². The van der Waals surface area contributed by atoms with E-state index in [2.05, 4.69) is 33.0 Å². The molecule has 29 heavy (non-hydrogen) atoms. The summed E-state index contributed by atoms with van der Waals surface area (Å²) in [6.45, 7) is 7.29. The summed E-state index contributed by atoms with van der Waals surface area (Å²) < 4.78 is 10.8. The number of halogens is 1. The number of ether oxygens (including phenoxy) is 1. The van der Waals surface area contributed by atoms with E-state index in [0.29, 0.717) is 6.04 Å². The minimum atomic E-state index is 0. The number of hydrogen-bond acceptors (Lipinski definition) is 5. The molecule has 2 N–H and O–H groups in total. The van der Waals surface area contributed by atoms with Crippen LogP contribution in [0, 0.1) is 0 Å². The normalized spacial score (nSPS) is 15.2. The summed E-state index contributed by atoms with van der Waals surface area (Å²) in [6.07, 6.45) is 5.75. The van der Waals surface area contributed by atoms with Crippen LogP contribution in [0.2, 0.25) is 0 Å². The number of rotatable bonds is 10. The second kappa shape index (κ2) is 13.9. The molecule has 0 unspecified atom stereocenters. The summed E-state index contributed by atoms with van der Waals surface area (Å²) in [4.78, 5) is 7.23. The van der Waals surface area contributed by atoms with Crippen LogP contribution in [-0.4, -0.2) is 51.4 Å². The molecule has 1 aliphatic heterocycles. The van der Waals surface area contributed by atoms with Crippen molar-refractivity contribution in [3.05, 3.63) is 41.7 Å². The quantitative estimate of drug-likeness (QED) is 0.209. The van der Waals surface area contributed by atoms with Gasteiger partial charge in [0, 0.05) is 51.9 Å². The van der Waals surface area contributed by atoms with E-state index in [1.54, 1.807) is 6.26 Å². The van der Waals surface area contributed by atoms with Crippen molar-refractivity contribution in [1.82, 2.24) is 10.6 Å². The molecule has 0 aliphatic carbocycles. The summed E-state index contributed by atoms with van der Waals surface area (Å²) in [7, 11) is 0. The Morgan fingerprint density at radius 2 is 2.17 bits per heavy atom. The number of thiophene rings is 1. The topological polar surface area (TPSA) is 62.0 Å². The number of nitrogens with zero attached hydrogens (tertiary/aromatic N) is 2. The molecule has 8 heteroatoms. The van der Waals surface area contributed by atoms with Crippen LogP contribution < -0.4 is 15.5 Å². The summed E-state index contributed by atoms with van der Waals surface area (Å²) >= 11 is 1.82. The van der Waals surface area contributed by atoms with E-state index >= 15 is 0 Å². The smallest absolute Gasteiger partial charge is 0.191 e. The number of piperidine rings is 1. The first-order valence-electron chi connectivity index (χ1n) is 10.3. The second-order valence-corrected chi connectivity index (χ2v) is 7.82. The molecule has 1 aliphatic rings. The van der Waals surface area contributed by atoms with E-state index in [9.17, 15) is 0 Å². The van der Waals surface area contributed by atoms with Gasteiger partial charge < -0.3 is 24.7 Å². The van der Waals surface area contributed by atoms with Gasteiger partial charge in [0.15, 0.2) is 5.96 Å². The van der Waals surface area contributed by atoms with Gasteiger partial charge in [-0.3, -0.25) is 4.99 Å². The van der Waals surface area contributed by atoms with Gasteiger partial charge in [0.1, 0.15) is 5.76 Å². The first kappa shape index (κ1) is 24.0. The van der Waals surface area contributed by atoms with Crippen molar-refractivity contribution in [2.45, 2.75) is 38.6 Å². The maximum Gasteiger partial charge on any atom is 0.191 e. The maximum atomic E-state index is 5.42. The minimum absolute atomic E-state index is 0. The Hall–Kier alpha value is -1.26. The average molecular weight is 532 g/mol. The Morgan fingerprint density at radius 1 is 1.31 bits per heavy atom. The standard InChI is InChI=1S/C21H32N4O2S.HI/c1-2-26-15-5-11-22-21(23-12-8-19-6-3-16-27-19)24-18-9-13-25(14-10-18)20-7-4-17-28-20;/h3-4,6-7,16-18H,2,5,8-15H2,1H3,(H2,22,23,24);1H. The van der Waals surface area contributed by atoms with Gasteiger partial charge in [-0.05, 0) is 55.8 Å². The van der Waals surface area contributed by atoms with Crippen LogP contribution in [0.3, 0.4) is 0 Å². The monoisotopic (exact) mass is 532 g/mol. The van der Waals surface area contributed by atoms with Gasteiger partial charge in [-0.1, -0.05) is 0 Å². The number of anilines is 1. The molecule has 0 spiro atoms. The van der Waals surface area contributed by atoms with E-state index in [-0.39, 0.29) is 24.0 Å². The Balaban J connectivity index is 0.00000300. The first-order chi connectivity index (χ1) is 13.8. The summed E-state index contributed by atoms with van der Waals surface area (Å²) in [5.41, 5.74) is 0. The molecule has 6 nitrogen and oxygen atoms in total. The third-order valence-electron chi connectivity index (χ3n) is 4.82. The van der Waals surface area contributed by atoms with Crippen molar-refractivity contribution in [1.29, 1.82) is 0 Å². The Morgan fingerprint density at radius 3 is 2.86 bits per heavy atom. The molecule has 0 saturated carbocycles. The third-order valence-corrected chi connectivity index (χ3v) is 5.75. The van der Waals surface area contributed by atoms with Gasteiger partial charge in [-0.2, -0.15) is 0 Å². The van der Waals surface area contributed by atoms with Crippen molar-refractivity contribution in [2.24, 2.45) is 4.99 Å². The molecular formula is C21H33IN4O2S. The molecule has 0 atom stereocenters. The molecule has 1 fully saturated rings. The zero-order valence-corrected chi connectivity index (χ0v) is 20.3. The molecule has 2 aromatic heterocycles. The SMILES string of the molecule is CCOCCCN=C(NCCc1ccco1)NC1CCN(c2cccs2)CC1.I. The van der Waals surface area contributed by atoms with E-state index in [1.807, 2.05) is 30.4 Å². The van der Waals surface area contributed by atoms with Gasteiger partial charge in [0.05, 0.1) is 11.3 Å². The van der Waals surface area contributed by atoms with E-state index in [1.165, 1.54) is 5.00 Å². The Bertz CT molecular complexity index is 671. The predicted molar refractivity (Wildman–Crippen MR) is 132 cm³/mol. The number of furan rings is 1. The summed E-state index contributed by atoms with van der Waals surface area (Å²) in [5.74, 6) is 1.89. The van der Waals surface area contributed by atoms with Crippen molar-refractivity contribution >= 4 is 46.3 Å². The number of hydrogen-bond donors (Lipinski definition) is 2. The zero-order chi connectivity index (χ0) is 19.4. The van der Waals surface area contributed by atoms with Gasteiger partial charge in [-0.25, -0.2) is 0 Å². The van der Waals surface area contributed by atoms with Crippen LogP contribution in [0.25, 0.3) is 0 Å². The summed E-state index contributed by atoms with van der Waals surface area (Å²) in [6, 6.07) is 8.73. The lowest BCUT2D eigenvalue weighted by Crippen LogP contribution is -2.49. The fraction of sp³-hybridized carbons (Fsp3) is 0.571. The summed E-state index contributed by atoms with van der Waals surface area (Å²) in [5, 5.41) is 10.6. The fourth-order valence-corrected chi connectivity index (χ4v) is 4.09. The lowest BCUT2D eigenvalue weighted by Gasteiger charge is -2.33. The van der Waals surface area contributed by atoms with Gasteiger partial charge in [-0.15, -0.1) is 35.3 Å². The highest BCUT2D eigenvalue weighted by Gasteiger charge is 2.20. The predicted octanol–water partition coefficient (Wildman–Crippen LogP) is 4.13. The maximum absolute atomic E-state index is 5.42. The van der Waals surface area contributed by atoms with Crippen LogP contribution in [-0.2, 0) is 11.2 Å². The lowest BCUT2D eigenvalue weighted by molar-refractivity contribution is 0.146. The fourth-order valence-electron chi connectivity index (χ4n) is 3.30. The van der Waals surface area contributed by atoms with Crippen molar-refractivity contribution in [3.8, 4) is 0 Å². The highest BCUT2D eigenvalue weighted by atomic mass is 127. The number of nitrogens with one attached hydrogen (secondary N) is 2. The van der Waals surface area contributed by atoms with Gasteiger partial charge >= 0.3 is 0 Å². The zero-order valence-electron chi connectivity index (χ0n) is 17.1. The van der Waals surface area contributed by atoms with E-state index < -0.39 is 0 Å². The molecule has 3 heterocycles. The molecule has 0 bridgehead atoms. The van der Waals surface area contributed by atoms with Crippen molar-refractivity contribution in [3.63, 3.8) is 0 Å². The van der Waals surface area contributed by atoms with Crippen molar-refractivity contribution < 1.29 is 9.15 Å². The highest BCUT2D eigenvalue weighted by molar-refractivity contribution is 14.0. The molecule has 0 aromatic carbocycles. The molecule has 2 aromatic rings. The molecule has 3 rings (SSSR count). The third kappa shape index (κ3) is 8.55. The molecular weight excluding hydrogens is 499 g/mol. The largest absolute Gasteiger partial charge is 0.469 e. The molecule has 162 valence electrons. The highest BCUT2D eigenvalue weighted by Crippen LogP contribution is 2.24. The first-order valence-corrected chi connectivity index (χ1v) is 11.2. The van der Waals surface area contributed by atoms with Gasteiger partial charge in [0.25, 0.3) is 0 Å². The van der Waals surface area contributed by atoms with Gasteiger partial charge in [0.2, 0.25) is 0 Å². The number of guanidine groups is 1. The lowest BCUT2D eigenvalue weighted by atomic mass is 10.1. The second-order valence-electron chi connectivity index (χ2n) is 6.89. The van der Waals surface area contributed by atoms with Crippen LogP contribution in [0.4, 0.5) is 5.00 Å². The van der Waals surface area contributed by atoms with Crippen LogP contribution >= 0.6 is 35.3 Å². The van der Waals surface area contributed by atoms with Crippen LogP contribution in [0.5, 0.6) is 0 Å². The molecule has 0 radical (unpaired) electrons. The van der Waals surface area contributed by atoms with E-state index in [4.69, 9.17) is 14.1 Å². The van der Waals surface area contributed by atoms with Crippen LogP contribution in [0.1, 0.15) is 31.9 Å². The molecule has 0 amide bonds.